The maximum absolute atomic E-state index is 11.4. The lowest BCUT2D eigenvalue weighted by Crippen LogP contribution is -2.06. The van der Waals surface area contributed by atoms with Crippen LogP contribution in [0.3, 0.4) is 0 Å². The van der Waals surface area contributed by atoms with Crippen molar-refractivity contribution in [3.8, 4) is 0 Å². The highest BCUT2D eigenvalue weighted by Crippen LogP contribution is 2.16. The van der Waals surface area contributed by atoms with Crippen molar-refractivity contribution in [3.63, 3.8) is 0 Å². The third-order valence-electron chi connectivity index (χ3n) is 1.40. The van der Waals surface area contributed by atoms with Gasteiger partial charge in [-0.1, -0.05) is 18.2 Å². The van der Waals surface area contributed by atoms with Gasteiger partial charge in [0.2, 0.25) is 0 Å². The summed E-state index contributed by atoms with van der Waals surface area (Å²) in [6, 6.07) is 8.95. The summed E-state index contributed by atoms with van der Waals surface area (Å²) < 4.78 is 11.4. The molecule has 1 aromatic carbocycles. The second kappa shape index (κ2) is 4.30. The van der Waals surface area contributed by atoms with Crippen LogP contribution in [0.4, 0.5) is 0 Å². The van der Waals surface area contributed by atoms with E-state index in [0.29, 0.717) is 9.80 Å². The van der Waals surface area contributed by atoms with Crippen molar-refractivity contribution in [3.05, 3.63) is 41.8 Å². The minimum Gasteiger partial charge on any atom is -0.607 e. The Morgan fingerprint density at radius 1 is 1.42 bits per heavy atom. The molecular formula is C9H10O2S. The van der Waals surface area contributed by atoms with Crippen LogP contribution >= 0.6 is 0 Å². The van der Waals surface area contributed by atoms with Crippen molar-refractivity contribution >= 4 is 11.2 Å². The second-order valence-electron chi connectivity index (χ2n) is 2.28. The van der Waals surface area contributed by atoms with Crippen LogP contribution in [0.15, 0.2) is 46.7 Å². The molecule has 1 unspecified atom stereocenters. The van der Waals surface area contributed by atoms with Gasteiger partial charge in [-0.2, -0.15) is 0 Å². The molecule has 0 aliphatic rings. The average Bonchev–Trinajstić information content (AvgIpc) is 2.17. The molecule has 3 heteroatoms. The van der Waals surface area contributed by atoms with E-state index in [1.165, 1.54) is 0 Å². The molecule has 0 aromatic heterocycles. The van der Waals surface area contributed by atoms with E-state index in [1.54, 1.807) is 24.3 Å². The van der Waals surface area contributed by atoms with Crippen LogP contribution in [0.25, 0.3) is 0 Å². The lowest BCUT2D eigenvalue weighted by molar-refractivity contribution is 0.338. The first-order valence-electron chi connectivity index (χ1n) is 3.51. The van der Waals surface area contributed by atoms with Crippen LogP contribution in [0.2, 0.25) is 0 Å². The van der Waals surface area contributed by atoms with Gasteiger partial charge in [0.05, 0.1) is 0 Å². The number of aliphatic hydroxyl groups is 1. The van der Waals surface area contributed by atoms with Gasteiger partial charge in [0, 0.05) is 11.2 Å². The molecule has 0 aliphatic carbocycles. The van der Waals surface area contributed by atoms with E-state index < -0.39 is 11.2 Å². The molecule has 0 amide bonds. The lowest BCUT2D eigenvalue weighted by atomic mass is 10.4. The van der Waals surface area contributed by atoms with Crippen molar-refractivity contribution in [1.29, 1.82) is 0 Å². The van der Waals surface area contributed by atoms with Crippen molar-refractivity contribution < 1.29 is 9.66 Å². The lowest BCUT2D eigenvalue weighted by Gasteiger charge is -2.09. The number of hydrogen-bond donors (Lipinski definition) is 1. The van der Waals surface area contributed by atoms with Gasteiger partial charge < -0.3 is 9.66 Å². The molecule has 1 N–H and O–H groups in total. The van der Waals surface area contributed by atoms with Crippen molar-refractivity contribution in [2.75, 3.05) is 6.61 Å². The quantitative estimate of drug-likeness (QED) is 0.716. The predicted octanol–water partition coefficient (Wildman–Crippen LogP) is 1.30. The zero-order valence-corrected chi connectivity index (χ0v) is 7.38. The molecule has 0 fully saturated rings. The van der Waals surface area contributed by atoms with E-state index in [4.69, 9.17) is 5.11 Å². The van der Waals surface area contributed by atoms with Gasteiger partial charge in [0.1, 0.15) is 6.61 Å². The fourth-order valence-electron chi connectivity index (χ4n) is 0.769. The first-order valence-corrected chi connectivity index (χ1v) is 4.66. The van der Waals surface area contributed by atoms with E-state index in [-0.39, 0.29) is 6.61 Å². The predicted molar refractivity (Wildman–Crippen MR) is 49.1 cm³/mol. The van der Waals surface area contributed by atoms with Crippen molar-refractivity contribution in [2.45, 2.75) is 4.90 Å². The van der Waals surface area contributed by atoms with Gasteiger partial charge in [-0.05, 0) is 18.7 Å². The van der Waals surface area contributed by atoms with Gasteiger partial charge in [-0.25, -0.2) is 0 Å². The van der Waals surface area contributed by atoms with Crippen LogP contribution in [-0.2, 0) is 11.2 Å². The third kappa shape index (κ3) is 2.11. The molecule has 2 nitrogen and oxygen atoms in total. The van der Waals surface area contributed by atoms with Crippen LogP contribution in [0.1, 0.15) is 0 Å². The summed E-state index contributed by atoms with van der Waals surface area (Å²) in [6.45, 7) is 3.26. The molecular weight excluding hydrogens is 172 g/mol. The van der Waals surface area contributed by atoms with Crippen LogP contribution in [0, 0.1) is 0 Å². The Kier molecular flexibility index (Phi) is 3.34. The van der Waals surface area contributed by atoms with E-state index in [1.807, 2.05) is 6.07 Å². The number of hydrogen-bond acceptors (Lipinski definition) is 2. The standard InChI is InChI=1S/C9H10O2S/c1-8(7-10)12(11)9-5-3-2-4-6-9/h2-6,10H,1,7H2. The molecule has 1 aromatic rings. The molecule has 12 heavy (non-hydrogen) atoms. The molecule has 0 heterocycles. The van der Waals surface area contributed by atoms with Gasteiger partial charge >= 0.3 is 0 Å². The highest BCUT2D eigenvalue weighted by atomic mass is 32.2. The Bertz CT molecular complexity index is 258. The van der Waals surface area contributed by atoms with Crippen molar-refractivity contribution in [2.24, 2.45) is 0 Å². The molecule has 1 rings (SSSR count). The zero-order valence-electron chi connectivity index (χ0n) is 6.56. The first kappa shape index (κ1) is 9.32. The minimum absolute atomic E-state index is 0.235. The Morgan fingerprint density at radius 2 is 2.00 bits per heavy atom. The molecule has 1 atom stereocenters. The van der Waals surface area contributed by atoms with Crippen LogP contribution in [-0.4, -0.2) is 16.3 Å². The molecule has 0 saturated heterocycles. The molecule has 0 aliphatic heterocycles. The smallest absolute Gasteiger partial charge is 0.158 e. The van der Waals surface area contributed by atoms with E-state index in [2.05, 4.69) is 6.58 Å². The van der Waals surface area contributed by atoms with E-state index in [9.17, 15) is 4.55 Å². The molecule has 0 saturated carbocycles. The monoisotopic (exact) mass is 182 g/mol. The summed E-state index contributed by atoms with van der Waals surface area (Å²) in [5.74, 6) is 0. The maximum Gasteiger partial charge on any atom is 0.158 e. The summed E-state index contributed by atoms with van der Waals surface area (Å²) in [6.07, 6.45) is 0. The van der Waals surface area contributed by atoms with Crippen molar-refractivity contribution in [1.82, 2.24) is 0 Å². The summed E-state index contributed by atoms with van der Waals surface area (Å²) in [5, 5.41) is 8.67. The molecule has 64 valence electrons. The SMILES string of the molecule is C=C(CO)[S+]([O-])c1ccccc1. The fraction of sp³-hybridized carbons (Fsp3) is 0.111. The Morgan fingerprint density at radius 3 is 2.50 bits per heavy atom. The topological polar surface area (TPSA) is 43.3 Å². The summed E-state index contributed by atoms with van der Waals surface area (Å²) >= 11 is -1.27. The van der Waals surface area contributed by atoms with Crippen LogP contribution < -0.4 is 0 Å². The maximum atomic E-state index is 11.4. The fourth-order valence-corrected chi connectivity index (χ4v) is 1.62. The number of rotatable bonds is 3. The molecule has 0 bridgehead atoms. The van der Waals surface area contributed by atoms with E-state index in [0.717, 1.165) is 0 Å². The van der Waals surface area contributed by atoms with E-state index >= 15 is 0 Å². The Balaban J connectivity index is 2.78. The number of benzene rings is 1. The number of aliphatic hydroxyl groups excluding tert-OH is 1. The van der Waals surface area contributed by atoms with Gasteiger partial charge in [-0.15, -0.1) is 0 Å². The second-order valence-corrected chi connectivity index (χ2v) is 3.86. The summed E-state index contributed by atoms with van der Waals surface area (Å²) in [7, 11) is 0. The molecule has 0 radical (unpaired) electrons. The highest BCUT2D eigenvalue weighted by molar-refractivity contribution is 7.95. The summed E-state index contributed by atoms with van der Waals surface area (Å²) in [5.41, 5.74) is 0. The van der Waals surface area contributed by atoms with Gasteiger partial charge in [-0.3, -0.25) is 0 Å². The first-order chi connectivity index (χ1) is 5.75. The summed E-state index contributed by atoms with van der Waals surface area (Å²) in [4.78, 5) is 1.01. The highest BCUT2D eigenvalue weighted by Gasteiger charge is 2.13. The zero-order chi connectivity index (χ0) is 8.97. The third-order valence-corrected chi connectivity index (χ3v) is 2.75. The Hall–Kier alpha value is -0.770. The molecule has 0 spiro atoms. The Labute approximate surface area is 74.7 Å². The van der Waals surface area contributed by atoms with Gasteiger partial charge in [0.25, 0.3) is 0 Å². The normalized spacial score (nSPS) is 12.5. The average molecular weight is 182 g/mol. The van der Waals surface area contributed by atoms with Crippen LogP contribution in [0.5, 0.6) is 0 Å². The largest absolute Gasteiger partial charge is 0.607 e. The minimum atomic E-state index is -1.27. The van der Waals surface area contributed by atoms with Gasteiger partial charge in [0.15, 0.2) is 9.80 Å².